The zero-order valence-electron chi connectivity index (χ0n) is 10.6. The molecule has 0 aliphatic carbocycles. The van der Waals surface area contributed by atoms with Crippen LogP contribution in [0.1, 0.15) is 22.9 Å². The fourth-order valence-corrected chi connectivity index (χ4v) is 2.54. The number of hydrogen-bond acceptors (Lipinski definition) is 3. The van der Waals surface area contributed by atoms with Crippen LogP contribution in [0, 0.1) is 6.92 Å². The fraction of sp³-hybridized carbons (Fsp3) is 0.357. The molecule has 18 heavy (non-hydrogen) atoms. The Labute approximate surface area is 106 Å². The lowest BCUT2D eigenvalue weighted by molar-refractivity contribution is 0.156. The van der Waals surface area contributed by atoms with Crippen LogP contribution >= 0.6 is 0 Å². The molecule has 4 heteroatoms. The minimum Gasteiger partial charge on any atom is -0.386 e. The van der Waals surface area contributed by atoms with Gasteiger partial charge in [0.15, 0.2) is 0 Å². The molecule has 0 spiro atoms. The van der Waals surface area contributed by atoms with Gasteiger partial charge in [0.1, 0.15) is 6.10 Å². The van der Waals surface area contributed by atoms with Gasteiger partial charge in [-0.15, -0.1) is 0 Å². The summed E-state index contributed by atoms with van der Waals surface area (Å²) in [5, 5.41) is 18.0. The molecule has 1 aliphatic heterocycles. The van der Waals surface area contributed by atoms with Gasteiger partial charge in [-0.25, -0.2) is 0 Å². The minimum atomic E-state index is -0.522. The number of hydrogen-bond donors (Lipinski definition) is 2. The quantitative estimate of drug-likeness (QED) is 0.845. The molecule has 0 radical (unpaired) electrons. The smallest absolute Gasteiger partial charge is 0.103 e. The molecule has 2 N–H and O–H groups in total. The molecule has 1 aromatic heterocycles. The number of benzene rings is 1. The van der Waals surface area contributed by atoms with E-state index in [2.05, 4.69) is 22.5 Å². The lowest BCUT2D eigenvalue weighted by Crippen LogP contribution is -2.25. The molecule has 3 rings (SSSR count). The highest BCUT2D eigenvalue weighted by Crippen LogP contribution is 2.32. The van der Waals surface area contributed by atoms with E-state index in [1.165, 1.54) is 5.56 Å². The van der Waals surface area contributed by atoms with Crippen LogP contribution in [0.15, 0.2) is 30.5 Å². The highest BCUT2D eigenvalue weighted by atomic mass is 16.3. The Morgan fingerprint density at radius 3 is 2.89 bits per heavy atom. The summed E-state index contributed by atoms with van der Waals surface area (Å²) in [6.07, 6.45) is 2.09. The predicted molar refractivity (Wildman–Crippen MR) is 70.5 cm³/mol. The van der Waals surface area contributed by atoms with Crippen molar-refractivity contribution in [3.63, 3.8) is 0 Å². The van der Waals surface area contributed by atoms with Gasteiger partial charge < -0.3 is 10.4 Å². The minimum absolute atomic E-state index is 0.0327. The lowest BCUT2D eigenvalue weighted by Gasteiger charge is -2.18. The van der Waals surface area contributed by atoms with Gasteiger partial charge in [-0.1, -0.05) is 18.2 Å². The van der Waals surface area contributed by atoms with Gasteiger partial charge in [0.2, 0.25) is 0 Å². The maximum Gasteiger partial charge on any atom is 0.103 e. The number of fused-ring (bicyclic) bond motifs is 1. The Bertz CT molecular complexity index is 551. The summed E-state index contributed by atoms with van der Waals surface area (Å²) >= 11 is 0. The zero-order chi connectivity index (χ0) is 12.7. The number of rotatable bonds is 2. The molecule has 0 bridgehead atoms. The van der Waals surface area contributed by atoms with Crippen molar-refractivity contribution in [3.8, 4) is 0 Å². The number of aromatic nitrogens is 2. The van der Waals surface area contributed by atoms with Gasteiger partial charge in [0.05, 0.1) is 12.2 Å². The van der Waals surface area contributed by atoms with E-state index in [0.717, 1.165) is 23.4 Å². The zero-order valence-corrected chi connectivity index (χ0v) is 10.6. The maximum absolute atomic E-state index is 10.5. The standard InChI is InChI=1S/C14H17N3O/c1-9-11(8-15-17(9)2)14(18)13-7-10-5-3-4-6-12(10)16-13/h3-6,8,13-14,16,18H,7H2,1-2H3. The van der Waals surface area contributed by atoms with Gasteiger partial charge in [-0.3, -0.25) is 4.68 Å². The number of nitrogens with one attached hydrogen (secondary N) is 1. The van der Waals surface area contributed by atoms with E-state index in [9.17, 15) is 5.11 Å². The van der Waals surface area contributed by atoms with Crippen molar-refractivity contribution in [1.82, 2.24) is 9.78 Å². The Kier molecular flexibility index (Phi) is 2.59. The van der Waals surface area contributed by atoms with Crippen molar-refractivity contribution >= 4 is 5.69 Å². The first kappa shape index (κ1) is 11.3. The molecule has 0 saturated carbocycles. The average Bonchev–Trinajstić information content (AvgIpc) is 2.94. The van der Waals surface area contributed by atoms with Crippen molar-refractivity contribution in [3.05, 3.63) is 47.3 Å². The molecule has 2 aromatic rings. The third-order valence-corrected chi connectivity index (χ3v) is 3.77. The number of nitrogens with zero attached hydrogens (tertiary/aromatic N) is 2. The molecule has 2 heterocycles. The number of para-hydroxylation sites is 1. The van der Waals surface area contributed by atoms with E-state index < -0.39 is 6.10 Å². The average molecular weight is 243 g/mol. The second kappa shape index (κ2) is 4.14. The van der Waals surface area contributed by atoms with Crippen LogP contribution in [0.4, 0.5) is 5.69 Å². The molecule has 0 saturated heterocycles. The fourth-order valence-electron chi connectivity index (χ4n) is 2.54. The van der Waals surface area contributed by atoms with Crippen molar-refractivity contribution < 1.29 is 5.11 Å². The third-order valence-electron chi connectivity index (χ3n) is 3.77. The maximum atomic E-state index is 10.5. The highest BCUT2D eigenvalue weighted by Gasteiger charge is 2.29. The SMILES string of the molecule is Cc1c(C(O)C2Cc3ccccc3N2)cnn1C. The molecular weight excluding hydrogens is 226 g/mol. The summed E-state index contributed by atoms with van der Waals surface area (Å²) in [6.45, 7) is 1.98. The molecule has 2 atom stereocenters. The molecule has 94 valence electrons. The van der Waals surface area contributed by atoms with Crippen LogP contribution in [-0.2, 0) is 13.5 Å². The second-order valence-electron chi connectivity index (χ2n) is 4.87. The molecule has 1 aromatic carbocycles. The number of aryl methyl sites for hydroxylation is 1. The topological polar surface area (TPSA) is 50.1 Å². The van der Waals surface area contributed by atoms with E-state index in [4.69, 9.17) is 0 Å². The first-order valence-corrected chi connectivity index (χ1v) is 6.18. The molecule has 0 amide bonds. The van der Waals surface area contributed by atoms with E-state index >= 15 is 0 Å². The predicted octanol–water partition coefficient (Wildman–Crippen LogP) is 1.80. The monoisotopic (exact) mass is 243 g/mol. The summed E-state index contributed by atoms with van der Waals surface area (Å²) in [4.78, 5) is 0. The normalized spacial score (nSPS) is 19.4. The van der Waals surface area contributed by atoms with E-state index in [-0.39, 0.29) is 6.04 Å². The Balaban J connectivity index is 1.84. The van der Waals surface area contributed by atoms with E-state index in [1.54, 1.807) is 10.9 Å². The van der Waals surface area contributed by atoms with Crippen molar-refractivity contribution in [1.29, 1.82) is 0 Å². The van der Waals surface area contributed by atoms with Gasteiger partial charge in [0, 0.05) is 24.0 Å². The van der Waals surface area contributed by atoms with Crippen LogP contribution in [0.5, 0.6) is 0 Å². The molecule has 2 unspecified atom stereocenters. The second-order valence-corrected chi connectivity index (χ2v) is 4.87. The molecule has 1 aliphatic rings. The summed E-state index contributed by atoms with van der Waals surface area (Å²) in [7, 11) is 1.89. The Morgan fingerprint density at radius 1 is 1.44 bits per heavy atom. The van der Waals surface area contributed by atoms with Crippen molar-refractivity contribution in [2.24, 2.45) is 7.05 Å². The van der Waals surface area contributed by atoms with Gasteiger partial charge in [0.25, 0.3) is 0 Å². The van der Waals surface area contributed by atoms with Crippen LogP contribution in [0.3, 0.4) is 0 Å². The third kappa shape index (κ3) is 1.69. The van der Waals surface area contributed by atoms with E-state index in [1.807, 2.05) is 26.1 Å². The number of anilines is 1. The van der Waals surface area contributed by atoms with Crippen LogP contribution in [-0.4, -0.2) is 20.9 Å². The Morgan fingerprint density at radius 2 is 2.22 bits per heavy atom. The van der Waals surface area contributed by atoms with Gasteiger partial charge in [-0.2, -0.15) is 5.10 Å². The number of aliphatic hydroxyl groups excluding tert-OH is 1. The largest absolute Gasteiger partial charge is 0.386 e. The van der Waals surface area contributed by atoms with Crippen LogP contribution < -0.4 is 5.32 Å². The van der Waals surface area contributed by atoms with Crippen LogP contribution in [0.25, 0.3) is 0 Å². The Hall–Kier alpha value is -1.81. The summed E-state index contributed by atoms with van der Waals surface area (Å²) < 4.78 is 1.79. The molecule has 0 fully saturated rings. The first-order chi connectivity index (χ1) is 8.66. The highest BCUT2D eigenvalue weighted by molar-refractivity contribution is 5.57. The van der Waals surface area contributed by atoms with Gasteiger partial charge >= 0.3 is 0 Å². The van der Waals surface area contributed by atoms with E-state index in [0.29, 0.717) is 0 Å². The summed E-state index contributed by atoms with van der Waals surface area (Å²) in [6, 6.07) is 8.23. The van der Waals surface area contributed by atoms with Crippen molar-refractivity contribution in [2.75, 3.05) is 5.32 Å². The van der Waals surface area contributed by atoms with Crippen molar-refractivity contribution in [2.45, 2.75) is 25.5 Å². The summed E-state index contributed by atoms with van der Waals surface area (Å²) in [5.41, 5.74) is 4.31. The van der Waals surface area contributed by atoms with Crippen LogP contribution in [0.2, 0.25) is 0 Å². The summed E-state index contributed by atoms with van der Waals surface area (Å²) in [5.74, 6) is 0. The molecule has 4 nitrogen and oxygen atoms in total. The first-order valence-electron chi connectivity index (χ1n) is 6.18. The molecular formula is C14H17N3O. The lowest BCUT2D eigenvalue weighted by atomic mass is 10.00. The van der Waals surface area contributed by atoms with Gasteiger partial charge in [-0.05, 0) is 25.0 Å². The number of aliphatic hydroxyl groups is 1.